The molecule has 1 saturated carbocycles. The van der Waals surface area contributed by atoms with E-state index >= 15 is 0 Å². The summed E-state index contributed by atoms with van der Waals surface area (Å²) in [6, 6.07) is 3.79. The van der Waals surface area contributed by atoms with E-state index in [4.69, 9.17) is 10.2 Å². The van der Waals surface area contributed by atoms with Gasteiger partial charge in [-0.25, -0.2) is 0 Å². The molecule has 0 amide bonds. The van der Waals surface area contributed by atoms with Crippen molar-refractivity contribution in [1.29, 1.82) is 0 Å². The van der Waals surface area contributed by atoms with Crippen molar-refractivity contribution in [3.63, 3.8) is 0 Å². The maximum Gasteiger partial charge on any atom is 0.125 e. The monoisotopic (exact) mass is 192 g/mol. The van der Waals surface area contributed by atoms with Crippen LogP contribution in [0.15, 0.2) is 27.8 Å². The van der Waals surface area contributed by atoms with Gasteiger partial charge in [0, 0.05) is 5.92 Å². The first-order chi connectivity index (χ1) is 6.86. The van der Waals surface area contributed by atoms with Gasteiger partial charge in [0.05, 0.1) is 18.6 Å². The van der Waals surface area contributed by atoms with E-state index in [1.54, 1.807) is 6.26 Å². The fraction of sp³-hybridized carbons (Fsp3) is 0.545. The highest BCUT2D eigenvalue weighted by Gasteiger charge is 2.18. The van der Waals surface area contributed by atoms with Gasteiger partial charge in [-0.2, -0.15) is 0 Å². The predicted octanol–water partition coefficient (Wildman–Crippen LogP) is 2.33. The molecule has 1 aliphatic carbocycles. The van der Waals surface area contributed by atoms with Crippen molar-refractivity contribution in [2.75, 3.05) is 0 Å². The lowest BCUT2D eigenvalue weighted by atomic mass is 10.1. The lowest BCUT2D eigenvalue weighted by molar-refractivity contribution is 0.512. The van der Waals surface area contributed by atoms with Crippen molar-refractivity contribution < 1.29 is 4.42 Å². The van der Waals surface area contributed by atoms with Crippen molar-refractivity contribution in [3.8, 4) is 0 Å². The van der Waals surface area contributed by atoms with Crippen LogP contribution in [0, 0.1) is 5.92 Å². The van der Waals surface area contributed by atoms with Gasteiger partial charge in [-0.1, -0.05) is 12.8 Å². The fourth-order valence-corrected chi connectivity index (χ4v) is 1.92. The van der Waals surface area contributed by atoms with Crippen LogP contribution >= 0.6 is 0 Å². The van der Waals surface area contributed by atoms with Crippen molar-refractivity contribution in [2.24, 2.45) is 16.6 Å². The van der Waals surface area contributed by atoms with E-state index in [-0.39, 0.29) is 0 Å². The predicted molar refractivity (Wildman–Crippen MR) is 56.0 cm³/mol. The van der Waals surface area contributed by atoms with E-state index in [2.05, 4.69) is 4.99 Å². The van der Waals surface area contributed by atoms with Crippen LogP contribution in [0.5, 0.6) is 0 Å². The summed E-state index contributed by atoms with van der Waals surface area (Å²) in [5.74, 6) is 2.20. The molecule has 1 aromatic rings. The van der Waals surface area contributed by atoms with E-state index < -0.39 is 0 Å². The van der Waals surface area contributed by atoms with Gasteiger partial charge in [0.15, 0.2) is 0 Å². The summed E-state index contributed by atoms with van der Waals surface area (Å²) in [6.45, 7) is 0.579. The Morgan fingerprint density at radius 1 is 1.50 bits per heavy atom. The second-order valence-corrected chi connectivity index (χ2v) is 3.80. The van der Waals surface area contributed by atoms with Crippen LogP contribution in [-0.4, -0.2) is 5.84 Å². The van der Waals surface area contributed by atoms with Crippen LogP contribution in [0.4, 0.5) is 0 Å². The number of hydrogen-bond acceptors (Lipinski definition) is 2. The summed E-state index contributed by atoms with van der Waals surface area (Å²) in [5.41, 5.74) is 5.90. The Morgan fingerprint density at radius 2 is 2.29 bits per heavy atom. The molecule has 1 heterocycles. The summed E-state index contributed by atoms with van der Waals surface area (Å²) in [5, 5.41) is 0. The third-order valence-electron chi connectivity index (χ3n) is 2.77. The molecule has 3 nitrogen and oxygen atoms in total. The van der Waals surface area contributed by atoms with Crippen molar-refractivity contribution in [1.82, 2.24) is 0 Å². The van der Waals surface area contributed by atoms with Crippen LogP contribution in [0.1, 0.15) is 31.4 Å². The molecule has 0 atom stereocenters. The Labute approximate surface area is 84.0 Å². The van der Waals surface area contributed by atoms with E-state index in [0.29, 0.717) is 12.5 Å². The van der Waals surface area contributed by atoms with E-state index in [0.717, 1.165) is 11.6 Å². The number of amidine groups is 1. The molecule has 0 saturated heterocycles. The van der Waals surface area contributed by atoms with Crippen LogP contribution in [0.3, 0.4) is 0 Å². The average Bonchev–Trinajstić information content (AvgIpc) is 2.87. The van der Waals surface area contributed by atoms with Crippen molar-refractivity contribution >= 4 is 5.84 Å². The Morgan fingerprint density at radius 3 is 2.93 bits per heavy atom. The first-order valence-corrected chi connectivity index (χ1v) is 5.18. The molecule has 0 aromatic carbocycles. The number of furan rings is 1. The summed E-state index contributed by atoms with van der Waals surface area (Å²) in [4.78, 5) is 4.35. The quantitative estimate of drug-likeness (QED) is 0.590. The summed E-state index contributed by atoms with van der Waals surface area (Å²) >= 11 is 0. The standard InChI is InChI=1S/C11H16N2O/c12-11(9-4-1-2-5-9)13-8-10-6-3-7-14-10/h3,6-7,9H,1-2,4-5,8H2,(H2,12,13). The van der Waals surface area contributed by atoms with Gasteiger partial charge in [0.2, 0.25) is 0 Å². The van der Waals surface area contributed by atoms with Crippen molar-refractivity contribution in [2.45, 2.75) is 32.2 Å². The molecule has 0 radical (unpaired) electrons. The Bertz CT molecular complexity index is 297. The maximum atomic E-state index is 5.90. The molecule has 0 unspecified atom stereocenters. The largest absolute Gasteiger partial charge is 0.467 e. The fourth-order valence-electron chi connectivity index (χ4n) is 1.92. The van der Waals surface area contributed by atoms with Gasteiger partial charge < -0.3 is 10.2 Å². The Balaban J connectivity index is 1.90. The number of rotatable bonds is 3. The highest BCUT2D eigenvalue weighted by molar-refractivity contribution is 5.83. The molecular weight excluding hydrogens is 176 g/mol. The average molecular weight is 192 g/mol. The van der Waals surface area contributed by atoms with E-state index in [1.807, 2.05) is 12.1 Å². The molecule has 1 aliphatic rings. The van der Waals surface area contributed by atoms with Gasteiger partial charge in [-0.15, -0.1) is 0 Å². The molecule has 0 spiro atoms. The molecule has 1 aromatic heterocycles. The van der Waals surface area contributed by atoms with Crippen molar-refractivity contribution in [3.05, 3.63) is 24.2 Å². The zero-order valence-electron chi connectivity index (χ0n) is 8.28. The summed E-state index contributed by atoms with van der Waals surface area (Å²) in [7, 11) is 0. The zero-order chi connectivity index (χ0) is 9.80. The highest BCUT2D eigenvalue weighted by Crippen LogP contribution is 2.24. The summed E-state index contributed by atoms with van der Waals surface area (Å²) < 4.78 is 5.18. The Hall–Kier alpha value is -1.25. The normalized spacial score (nSPS) is 19.0. The minimum absolute atomic E-state index is 0.518. The second kappa shape index (κ2) is 4.31. The SMILES string of the molecule is NC(=NCc1ccco1)C1CCCC1. The second-order valence-electron chi connectivity index (χ2n) is 3.80. The molecule has 0 aliphatic heterocycles. The number of nitrogens with two attached hydrogens (primary N) is 1. The van der Waals surface area contributed by atoms with Crippen LogP contribution in [0.2, 0.25) is 0 Å². The van der Waals surface area contributed by atoms with Gasteiger partial charge >= 0.3 is 0 Å². The lowest BCUT2D eigenvalue weighted by Crippen LogP contribution is -2.21. The first-order valence-electron chi connectivity index (χ1n) is 5.18. The third kappa shape index (κ3) is 2.16. The first kappa shape index (κ1) is 9.31. The number of hydrogen-bond donors (Lipinski definition) is 1. The van der Waals surface area contributed by atoms with Crippen LogP contribution in [-0.2, 0) is 6.54 Å². The smallest absolute Gasteiger partial charge is 0.125 e. The highest BCUT2D eigenvalue weighted by atomic mass is 16.3. The van der Waals surface area contributed by atoms with E-state index in [9.17, 15) is 0 Å². The molecular formula is C11H16N2O. The number of aliphatic imine (C=N–C) groups is 1. The molecule has 0 bridgehead atoms. The summed E-state index contributed by atoms with van der Waals surface area (Å²) in [6.07, 6.45) is 6.65. The van der Waals surface area contributed by atoms with Gasteiger partial charge in [0.25, 0.3) is 0 Å². The molecule has 14 heavy (non-hydrogen) atoms. The molecule has 2 N–H and O–H groups in total. The molecule has 3 heteroatoms. The molecule has 2 rings (SSSR count). The topological polar surface area (TPSA) is 51.5 Å². The zero-order valence-corrected chi connectivity index (χ0v) is 8.28. The molecule has 76 valence electrons. The minimum Gasteiger partial charge on any atom is -0.467 e. The molecule has 1 fully saturated rings. The van der Waals surface area contributed by atoms with Crippen LogP contribution < -0.4 is 5.73 Å². The lowest BCUT2D eigenvalue weighted by Gasteiger charge is -2.07. The third-order valence-corrected chi connectivity index (χ3v) is 2.77. The van der Waals surface area contributed by atoms with Gasteiger partial charge in [-0.3, -0.25) is 4.99 Å². The maximum absolute atomic E-state index is 5.90. The van der Waals surface area contributed by atoms with Crippen LogP contribution in [0.25, 0.3) is 0 Å². The van der Waals surface area contributed by atoms with Gasteiger partial charge in [0.1, 0.15) is 5.76 Å². The van der Waals surface area contributed by atoms with E-state index in [1.165, 1.54) is 25.7 Å². The Kier molecular flexibility index (Phi) is 2.87. The number of nitrogens with zero attached hydrogens (tertiary/aromatic N) is 1. The van der Waals surface area contributed by atoms with Gasteiger partial charge in [-0.05, 0) is 25.0 Å². The minimum atomic E-state index is 0.518.